The molecule has 0 saturated carbocycles. The number of unbranched alkanes of at least 4 members (excludes halogenated alkanes) is 6. The van der Waals surface area contributed by atoms with Crippen LogP contribution in [0.5, 0.6) is 0 Å². The van der Waals surface area contributed by atoms with Gasteiger partial charge in [-0.15, -0.1) is 0 Å². The van der Waals surface area contributed by atoms with E-state index in [0.29, 0.717) is 12.8 Å². The van der Waals surface area contributed by atoms with E-state index in [9.17, 15) is 22.6 Å². The first-order valence-corrected chi connectivity index (χ1v) is 13.1. The Kier molecular flexibility index (Phi) is 16.5. The van der Waals surface area contributed by atoms with Crippen LogP contribution in [0, 0.1) is 0 Å². The van der Waals surface area contributed by atoms with Crippen molar-refractivity contribution in [1.29, 1.82) is 0 Å². The van der Waals surface area contributed by atoms with E-state index < -0.39 is 27.0 Å². The van der Waals surface area contributed by atoms with E-state index in [1.165, 1.54) is 6.07 Å². The van der Waals surface area contributed by atoms with Crippen LogP contribution < -0.4 is 0 Å². The van der Waals surface area contributed by atoms with Crippen LogP contribution in [-0.2, 0) is 19.6 Å². The first kappa shape index (κ1) is 32.3. The van der Waals surface area contributed by atoms with Crippen LogP contribution in [0.15, 0.2) is 23.1 Å². The molecule has 2 atom stereocenters. The van der Waals surface area contributed by atoms with Gasteiger partial charge in [-0.3, -0.25) is 4.55 Å². The molecule has 0 spiro atoms. The van der Waals surface area contributed by atoms with Crippen LogP contribution in [0.2, 0.25) is 0 Å². The van der Waals surface area contributed by atoms with Gasteiger partial charge in [0.25, 0.3) is 10.1 Å². The molecule has 0 aromatic heterocycles. The Morgan fingerprint density at radius 3 is 1.52 bits per heavy atom. The van der Waals surface area contributed by atoms with Crippen molar-refractivity contribution in [3.8, 4) is 0 Å². The van der Waals surface area contributed by atoms with Crippen molar-refractivity contribution in [1.82, 2.24) is 0 Å². The summed E-state index contributed by atoms with van der Waals surface area (Å²) in [5.41, 5.74) is -0.244. The van der Waals surface area contributed by atoms with Gasteiger partial charge in [-0.2, -0.15) is 8.42 Å². The van der Waals surface area contributed by atoms with E-state index >= 15 is 0 Å². The first-order chi connectivity index (χ1) is 15.1. The average Bonchev–Trinajstić information content (AvgIpc) is 2.73. The fraction of sp³-hybridized carbons (Fsp3) is 0.667. The van der Waals surface area contributed by atoms with Crippen molar-refractivity contribution in [2.75, 3.05) is 0 Å². The second-order valence-corrected chi connectivity index (χ2v) is 9.77. The molecule has 0 aliphatic heterocycles. The molecule has 1 rings (SSSR count). The van der Waals surface area contributed by atoms with Gasteiger partial charge >= 0.3 is 49.7 Å². The van der Waals surface area contributed by atoms with Gasteiger partial charge in [-0.25, -0.2) is 9.59 Å². The number of carbonyl (C=O) groups excluding carboxylic acids is 2. The molecule has 0 saturated heterocycles. The summed E-state index contributed by atoms with van der Waals surface area (Å²) in [5, 5.41) is 0. The summed E-state index contributed by atoms with van der Waals surface area (Å²) < 4.78 is 43.7. The Morgan fingerprint density at radius 2 is 1.18 bits per heavy atom. The number of hydrogen-bond acceptors (Lipinski definition) is 6. The van der Waals surface area contributed by atoms with Gasteiger partial charge in [0.2, 0.25) is 0 Å². The quantitative estimate of drug-likeness (QED) is 0.152. The summed E-state index contributed by atoms with van der Waals surface area (Å²) in [6, 6.07) is 3.26. The number of hydrogen-bond donors (Lipinski definition) is 1. The third-order valence-corrected chi connectivity index (χ3v) is 6.05. The number of esters is 2. The van der Waals surface area contributed by atoms with Crippen molar-refractivity contribution < 1.29 is 32.0 Å². The number of benzene rings is 1. The van der Waals surface area contributed by atoms with Gasteiger partial charge in [0.15, 0.2) is 0 Å². The van der Waals surface area contributed by atoms with Gasteiger partial charge in [0.05, 0.1) is 28.2 Å². The predicted molar refractivity (Wildman–Crippen MR) is 132 cm³/mol. The van der Waals surface area contributed by atoms with E-state index in [-0.39, 0.29) is 61.1 Å². The second kappa shape index (κ2) is 16.9. The first-order valence-electron chi connectivity index (χ1n) is 11.6. The summed E-state index contributed by atoms with van der Waals surface area (Å²) in [4.78, 5) is 24.6. The van der Waals surface area contributed by atoms with Crippen molar-refractivity contribution in [3.63, 3.8) is 0 Å². The molecular weight excluding hydrogens is 472 g/mol. The molecule has 7 nitrogen and oxygen atoms in total. The molecule has 0 aliphatic rings. The van der Waals surface area contributed by atoms with Crippen LogP contribution in [-0.4, -0.2) is 74.9 Å². The maximum atomic E-state index is 12.6. The summed E-state index contributed by atoms with van der Waals surface area (Å²) in [7, 11) is -4.63. The van der Waals surface area contributed by atoms with Crippen LogP contribution >= 0.6 is 0 Å². The Hall–Kier alpha value is -0.670. The van der Waals surface area contributed by atoms with E-state index in [2.05, 4.69) is 13.8 Å². The Labute approximate surface area is 228 Å². The molecule has 0 bridgehead atoms. The van der Waals surface area contributed by atoms with Crippen molar-refractivity contribution in [2.24, 2.45) is 0 Å². The van der Waals surface area contributed by atoms with Crippen LogP contribution in [0.3, 0.4) is 0 Å². The molecule has 1 aromatic rings. The monoisotopic (exact) mass is 512 g/mol. The fourth-order valence-electron chi connectivity index (χ4n) is 3.32. The fourth-order valence-corrected chi connectivity index (χ4v) is 3.87. The normalized spacial score (nSPS) is 13.0. The zero-order valence-electron chi connectivity index (χ0n) is 19.8. The third-order valence-electron chi connectivity index (χ3n) is 5.22. The van der Waals surface area contributed by atoms with Crippen molar-refractivity contribution >= 4 is 59.8 Å². The van der Waals surface area contributed by atoms with Gasteiger partial charge in [0.1, 0.15) is 0 Å². The molecule has 0 aliphatic carbocycles. The molecule has 33 heavy (non-hydrogen) atoms. The zero-order chi connectivity index (χ0) is 24.1. The van der Waals surface area contributed by atoms with Gasteiger partial charge in [-0.1, -0.05) is 52.4 Å². The Morgan fingerprint density at radius 1 is 0.788 bits per heavy atom. The average molecular weight is 513 g/mol. The van der Waals surface area contributed by atoms with Gasteiger partial charge in [0, 0.05) is 0 Å². The minimum atomic E-state index is -4.63. The predicted octanol–water partition coefficient (Wildman–Crippen LogP) is 5.05. The van der Waals surface area contributed by atoms with Gasteiger partial charge in [-0.05, 0) is 57.7 Å². The Balaban J connectivity index is 0.0000102. The summed E-state index contributed by atoms with van der Waals surface area (Å²) in [5.74, 6) is -1.50. The van der Waals surface area contributed by atoms with Gasteiger partial charge < -0.3 is 9.47 Å². The topological polar surface area (TPSA) is 107 Å². The summed E-state index contributed by atoms with van der Waals surface area (Å²) in [6.07, 6.45) is 9.02. The molecule has 0 amide bonds. The standard InChI is InChI=1S/C24H38O7S.Ca.2H/c1-5-7-9-11-13-18(3)30-23(25)20-15-21(17-22(16-20)32(27,28)29)24(26)31-19(4)14-12-10-8-6-2;;;/h15-19H,5-14H2,1-4H3,(H,27,28,29);;;. The number of ether oxygens (including phenoxy) is 2. The molecule has 1 N–H and O–H groups in total. The molecule has 0 fully saturated rings. The molecule has 1 aromatic carbocycles. The third kappa shape index (κ3) is 13.1. The Bertz CT molecular complexity index is 789. The van der Waals surface area contributed by atoms with E-state index in [4.69, 9.17) is 9.47 Å². The SMILES string of the molecule is CCCCCCC(C)OC(=O)c1cc(C(=O)OC(C)CCCCCC)cc(S(=O)(=O)O)c1.[CaH2]. The van der Waals surface area contributed by atoms with E-state index in [0.717, 1.165) is 63.5 Å². The van der Waals surface area contributed by atoms with E-state index in [1.54, 1.807) is 13.8 Å². The number of rotatable bonds is 15. The molecule has 0 heterocycles. The summed E-state index contributed by atoms with van der Waals surface area (Å²) in [6.45, 7) is 7.76. The molecule has 186 valence electrons. The molecular formula is C24H40CaO7S. The number of carbonyl (C=O) groups is 2. The van der Waals surface area contributed by atoms with Crippen LogP contribution in [0.25, 0.3) is 0 Å². The van der Waals surface area contributed by atoms with Crippen LogP contribution in [0.1, 0.15) is 113 Å². The second-order valence-electron chi connectivity index (χ2n) is 8.35. The molecule has 9 heteroatoms. The molecule has 0 radical (unpaired) electrons. The van der Waals surface area contributed by atoms with Crippen LogP contribution in [0.4, 0.5) is 0 Å². The van der Waals surface area contributed by atoms with Crippen molar-refractivity contribution in [2.45, 2.75) is 109 Å². The molecule has 2 unspecified atom stereocenters. The van der Waals surface area contributed by atoms with E-state index in [1.807, 2.05) is 0 Å². The maximum absolute atomic E-state index is 12.6. The van der Waals surface area contributed by atoms with Crippen molar-refractivity contribution in [3.05, 3.63) is 29.3 Å². The summed E-state index contributed by atoms with van der Waals surface area (Å²) >= 11 is 0. The minimum absolute atomic E-state index is 0. The zero-order valence-corrected chi connectivity index (χ0v) is 20.6.